The van der Waals surface area contributed by atoms with Gasteiger partial charge in [-0.15, -0.1) is 0 Å². The standard InChI is InChI=1S/C29H36F3N3O5/c30-29(31,32)20-5-3-18-7-10-34(28(37)22(18)14-20)17-26(36)33-23-15-35(21-2-1-11-38-12-9-21)16-25(23)40-24-6-4-19-8-13-39-27(19)24/h3,5,14,21,23-25H,1-2,4,6-13,15-17H2,(H,33,36)/t21?,23?,24?,25-/m0/s1. The molecule has 2 amide bonds. The summed E-state index contributed by atoms with van der Waals surface area (Å²) in [6.45, 7) is 3.55. The second-order valence-electron chi connectivity index (χ2n) is 11.4. The third kappa shape index (κ3) is 5.73. The number of hydrogen-bond acceptors (Lipinski definition) is 6. The quantitative estimate of drug-likeness (QED) is 0.573. The fourth-order valence-electron chi connectivity index (χ4n) is 6.76. The molecule has 6 rings (SSSR count). The smallest absolute Gasteiger partial charge is 0.416 e. The number of rotatable bonds is 6. The van der Waals surface area contributed by atoms with Gasteiger partial charge in [-0.3, -0.25) is 14.5 Å². The van der Waals surface area contributed by atoms with Crippen LogP contribution in [0.5, 0.6) is 0 Å². The summed E-state index contributed by atoms with van der Waals surface area (Å²) in [5.74, 6) is 0.0738. The number of ether oxygens (including phenoxy) is 3. The van der Waals surface area contributed by atoms with Crippen molar-refractivity contribution >= 4 is 11.8 Å². The number of benzene rings is 1. The second kappa shape index (κ2) is 11.3. The van der Waals surface area contributed by atoms with E-state index in [1.807, 2.05) is 0 Å². The van der Waals surface area contributed by atoms with Gasteiger partial charge in [0, 0.05) is 50.9 Å². The second-order valence-corrected chi connectivity index (χ2v) is 11.4. The first-order chi connectivity index (χ1) is 19.3. The molecule has 1 aromatic carbocycles. The number of amides is 2. The molecular formula is C29H36F3N3O5. The van der Waals surface area contributed by atoms with E-state index in [9.17, 15) is 22.8 Å². The Morgan fingerprint density at radius 3 is 2.80 bits per heavy atom. The summed E-state index contributed by atoms with van der Waals surface area (Å²) in [5, 5.41) is 3.11. The maximum absolute atomic E-state index is 13.2. The molecule has 2 fully saturated rings. The first-order valence-electron chi connectivity index (χ1n) is 14.4. The molecule has 40 heavy (non-hydrogen) atoms. The third-order valence-corrected chi connectivity index (χ3v) is 8.87. The number of halogens is 3. The van der Waals surface area contributed by atoms with Crippen molar-refractivity contribution in [1.29, 1.82) is 0 Å². The molecule has 1 aliphatic carbocycles. The Labute approximate surface area is 231 Å². The van der Waals surface area contributed by atoms with E-state index < -0.39 is 17.6 Å². The van der Waals surface area contributed by atoms with E-state index in [0.717, 1.165) is 63.0 Å². The van der Waals surface area contributed by atoms with Crippen molar-refractivity contribution < 1.29 is 37.0 Å². The molecule has 0 aromatic heterocycles. The van der Waals surface area contributed by atoms with Crippen LogP contribution in [0, 0.1) is 0 Å². The summed E-state index contributed by atoms with van der Waals surface area (Å²) in [6.07, 6.45) is 1.26. The molecule has 1 N–H and O–H groups in total. The minimum Gasteiger partial charge on any atom is -0.495 e. The number of nitrogens with zero attached hydrogens (tertiary/aromatic N) is 2. The predicted molar refractivity (Wildman–Crippen MR) is 139 cm³/mol. The SMILES string of the molecule is O=C(CN1CCc2ccc(C(F)(F)F)cc2C1=O)NC1CN(C2CCCOCC2)C[C@@H]1OC1CCC2=C1OCC2. The minimum atomic E-state index is -4.54. The highest BCUT2D eigenvalue weighted by molar-refractivity contribution is 5.99. The Morgan fingerprint density at radius 1 is 1.07 bits per heavy atom. The van der Waals surface area contributed by atoms with Gasteiger partial charge in [0.15, 0.2) is 0 Å². The van der Waals surface area contributed by atoms with Crippen LogP contribution in [-0.2, 0) is 31.6 Å². The first-order valence-corrected chi connectivity index (χ1v) is 14.4. The molecule has 0 radical (unpaired) electrons. The number of fused-ring (bicyclic) bond motifs is 1. The number of hydrogen-bond donors (Lipinski definition) is 1. The van der Waals surface area contributed by atoms with Crippen LogP contribution in [0.25, 0.3) is 0 Å². The fraction of sp³-hybridized carbons (Fsp3) is 0.655. The van der Waals surface area contributed by atoms with Crippen molar-refractivity contribution in [1.82, 2.24) is 15.1 Å². The molecule has 218 valence electrons. The lowest BCUT2D eigenvalue weighted by molar-refractivity contribution is -0.137. The Balaban J connectivity index is 1.13. The van der Waals surface area contributed by atoms with Crippen molar-refractivity contribution in [3.63, 3.8) is 0 Å². The van der Waals surface area contributed by atoms with E-state index >= 15 is 0 Å². The summed E-state index contributed by atoms with van der Waals surface area (Å²) < 4.78 is 57.8. The highest BCUT2D eigenvalue weighted by atomic mass is 19.4. The van der Waals surface area contributed by atoms with E-state index in [1.165, 1.54) is 16.5 Å². The molecule has 3 unspecified atom stereocenters. The van der Waals surface area contributed by atoms with Gasteiger partial charge in [0.25, 0.3) is 5.91 Å². The van der Waals surface area contributed by atoms with Crippen molar-refractivity contribution in [3.05, 3.63) is 46.2 Å². The van der Waals surface area contributed by atoms with Crippen LogP contribution in [0.4, 0.5) is 13.2 Å². The highest BCUT2D eigenvalue weighted by Crippen LogP contribution is 2.38. The average Bonchev–Trinajstić information content (AvgIpc) is 3.58. The van der Waals surface area contributed by atoms with Gasteiger partial charge in [-0.05, 0) is 61.8 Å². The minimum absolute atomic E-state index is 0.0135. The first kappa shape index (κ1) is 27.5. The number of alkyl halides is 3. The van der Waals surface area contributed by atoms with E-state index in [0.29, 0.717) is 44.3 Å². The van der Waals surface area contributed by atoms with Crippen molar-refractivity contribution in [2.75, 3.05) is 46.0 Å². The summed E-state index contributed by atoms with van der Waals surface area (Å²) in [5.41, 5.74) is 1.05. The van der Waals surface area contributed by atoms with Gasteiger partial charge in [-0.1, -0.05) is 6.07 Å². The average molecular weight is 564 g/mol. The van der Waals surface area contributed by atoms with Crippen LogP contribution >= 0.6 is 0 Å². The molecule has 0 spiro atoms. The molecule has 0 saturated carbocycles. The Morgan fingerprint density at radius 2 is 1.95 bits per heavy atom. The summed E-state index contributed by atoms with van der Waals surface area (Å²) in [6, 6.07) is 3.33. The van der Waals surface area contributed by atoms with Gasteiger partial charge < -0.3 is 24.4 Å². The summed E-state index contributed by atoms with van der Waals surface area (Å²) in [7, 11) is 0. The summed E-state index contributed by atoms with van der Waals surface area (Å²) in [4.78, 5) is 30.0. The topological polar surface area (TPSA) is 80.3 Å². The molecule has 8 nitrogen and oxygen atoms in total. The molecule has 4 heterocycles. The Hall–Kier alpha value is -2.63. The lowest BCUT2D eigenvalue weighted by Crippen LogP contribution is -2.50. The van der Waals surface area contributed by atoms with E-state index in [4.69, 9.17) is 14.2 Å². The van der Waals surface area contributed by atoms with Crippen LogP contribution < -0.4 is 5.32 Å². The maximum Gasteiger partial charge on any atom is 0.416 e. The van der Waals surface area contributed by atoms with E-state index in [1.54, 1.807) is 0 Å². The predicted octanol–water partition coefficient (Wildman–Crippen LogP) is 3.30. The van der Waals surface area contributed by atoms with Crippen molar-refractivity contribution in [2.45, 2.75) is 75.4 Å². The molecule has 4 aliphatic heterocycles. The zero-order valence-corrected chi connectivity index (χ0v) is 22.5. The van der Waals surface area contributed by atoms with Crippen LogP contribution in [0.3, 0.4) is 0 Å². The number of likely N-dealkylation sites (tertiary alicyclic amines) is 1. The molecule has 11 heteroatoms. The molecule has 1 aromatic rings. The molecule has 5 aliphatic rings. The van der Waals surface area contributed by atoms with Gasteiger partial charge in [-0.2, -0.15) is 13.2 Å². The molecule has 2 saturated heterocycles. The summed E-state index contributed by atoms with van der Waals surface area (Å²) >= 11 is 0. The molecule has 4 atom stereocenters. The molecular weight excluding hydrogens is 527 g/mol. The monoisotopic (exact) mass is 563 g/mol. The molecule has 0 bridgehead atoms. The fourth-order valence-corrected chi connectivity index (χ4v) is 6.76. The lowest BCUT2D eigenvalue weighted by Gasteiger charge is -2.30. The van der Waals surface area contributed by atoms with Crippen LogP contribution in [0.2, 0.25) is 0 Å². The van der Waals surface area contributed by atoms with Crippen molar-refractivity contribution in [2.24, 2.45) is 0 Å². The van der Waals surface area contributed by atoms with Crippen molar-refractivity contribution in [3.8, 4) is 0 Å². The lowest BCUT2D eigenvalue weighted by atomic mass is 9.96. The number of carbonyl (C=O) groups excluding carboxylic acids is 2. The van der Waals surface area contributed by atoms with Gasteiger partial charge in [0.05, 0.1) is 30.9 Å². The zero-order valence-electron chi connectivity index (χ0n) is 22.5. The largest absolute Gasteiger partial charge is 0.495 e. The van der Waals surface area contributed by atoms with E-state index in [-0.39, 0.29) is 42.8 Å². The van der Waals surface area contributed by atoms with Crippen LogP contribution in [0.15, 0.2) is 29.5 Å². The Bertz CT molecular complexity index is 1160. The van der Waals surface area contributed by atoms with E-state index in [2.05, 4.69) is 10.2 Å². The number of nitrogens with one attached hydrogen (secondary N) is 1. The van der Waals surface area contributed by atoms with Gasteiger partial charge in [0.2, 0.25) is 5.91 Å². The van der Waals surface area contributed by atoms with Gasteiger partial charge in [0.1, 0.15) is 11.9 Å². The van der Waals surface area contributed by atoms with Crippen LogP contribution in [-0.4, -0.2) is 91.9 Å². The zero-order chi connectivity index (χ0) is 27.9. The maximum atomic E-state index is 13.2. The highest BCUT2D eigenvalue weighted by Gasteiger charge is 2.42. The van der Waals surface area contributed by atoms with Gasteiger partial charge >= 0.3 is 6.18 Å². The Kier molecular flexibility index (Phi) is 7.80. The van der Waals surface area contributed by atoms with Crippen LogP contribution in [0.1, 0.15) is 60.0 Å². The van der Waals surface area contributed by atoms with Gasteiger partial charge in [-0.25, -0.2) is 0 Å². The third-order valence-electron chi connectivity index (χ3n) is 8.87. The number of carbonyl (C=O) groups is 2. The normalized spacial score (nSPS) is 29.3.